The van der Waals surface area contributed by atoms with Crippen LogP contribution in [0.1, 0.15) is 24.7 Å². The normalized spacial score (nSPS) is 16.7. The summed E-state index contributed by atoms with van der Waals surface area (Å²) < 4.78 is 1.89. The van der Waals surface area contributed by atoms with Crippen LogP contribution in [0.4, 0.5) is 4.79 Å². The van der Waals surface area contributed by atoms with Crippen LogP contribution in [0.3, 0.4) is 0 Å². The van der Waals surface area contributed by atoms with E-state index in [2.05, 4.69) is 15.6 Å². The molecule has 3 amide bonds. The highest BCUT2D eigenvalue weighted by Crippen LogP contribution is 2.20. The summed E-state index contributed by atoms with van der Waals surface area (Å²) in [5.74, 6) is 0.693. The molecule has 0 radical (unpaired) electrons. The average molecular weight is 367 g/mol. The van der Waals surface area contributed by atoms with Crippen LogP contribution in [0, 0.1) is 0 Å². The third kappa shape index (κ3) is 4.36. The van der Waals surface area contributed by atoms with Crippen molar-refractivity contribution in [3.05, 3.63) is 65.4 Å². The first-order chi connectivity index (χ1) is 13.0. The summed E-state index contributed by atoms with van der Waals surface area (Å²) in [6.07, 6.45) is 5.00. The molecule has 1 aromatic heterocycles. The fourth-order valence-electron chi connectivity index (χ4n) is 3.29. The van der Waals surface area contributed by atoms with Gasteiger partial charge in [0.1, 0.15) is 5.82 Å². The first-order valence-electron chi connectivity index (χ1n) is 8.99. The van der Waals surface area contributed by atoms with Crippen molar-refractivity contribution in [2.45, 2.75) is 32.4 Å². The van der Waals surface area contributed by atoms with Crippen molar-refractivity contribution in [3.8, 4) is 0 Å². The standard InChI is InChI=1S/C20H25N5O2/c1-14-18(19(26)25(3)13-17-21-11-12-24(17)2)16(23-20(27)22-14)10-9-15-7-5-4-6-8-15/h4-8,11-12,16H,9-10,13H2,1-3H3,(H2,22,23,27)/t16-/m0/s1. The number of hydrogen-bond acceptors (Lipinski definition) is 3. The van der Waals surface area contributed by atoms with Crippen molar-refractivity contribution in [1.29, 1.82) is 0 Å². The first-order valence-corrected chi connectivity index (χ1v) is 8.99. The monoisotopic (exact) mass is 367 g/mol. The molecule has 2 aromatic rings. The van der Waals surface area contributed by atoms with Crippen LogP contribution in [0.25, 0.3) is 0 Å². The second kappa shape index (κ2) is 8.07. The fraction of sp³-hybridized carbons (Fsp3) is 0.350. The molecule has 1 aliphatic rings. The molecule has 2 N–H and O–H groups in total. The van der Waals surface area contributed by atoms with Gasteiger partial charge in [-0.2, -0.15) is 0 Å². The number of hydrogen-bond donors (Lipinski definition) is 2. The first kappa shape index (κ1) is 18.7. The number of nitrogens with zero attached hydrogens (tertiary/aromatic N) is 3. The van der Waals surface area contributed by atoms with Gasteiger partial charge in [-0.3, -0.25) is 4.79 Å². The van der Waals surface area contributed by atoms with Gasteiger partial charge in [0.25, 0.3) is 5.91 Å². The van der Waals surface area contributed by atoms with E-state index < -0.39 is 0 Å². The molecule has 7 nitrogen and oxygen atoms in total. The Balaban J connectivity index is 1.76. The van der Waals surface area contributed by atoms with Crippen molar-refractivity contribution in [1.82, 2.24) is 25.1 Å². The molecule has 27 heavy (non-hydrogen) atoms. The summed E-state index contributed by atoms with van der Waals surface area (Å²) >= 11 is 0. The zero-order chi connectivity index (χ0) is 19.4. The molecule has 0 saturated heterocycles. The number of benzene rings is 1. The Kier molecular flexibility index (Phi) is 5.59. The van der Waals surface area contributed by atoms with Crippen LogP contribution in [-0.4, -0.2) is 39.5 Å². The lowest BCUT2D eigenvalue weighted by Crippen LogP contribution is -2.51. The molecule has 0 spiro atoms. The number of carbonyl (C=O) groups excluding carboxylic acids is 2. The van der Waals surface area contributed by atoms with Gasteiger partial charge in [0, 0.05) is 32.2 Å². The molecule has 7 heteroatoms. The van der Waals surface area contributed by atoms with Gasteiger partial charge in [-0.25, -0.2) is 9.78 Å². The maximum Gasteiger partial charge on any atom is 0.319 e. The fourth-order valence-corrected chi connectivity index (χ4v) is 3.29. The van der Waals surface area contributed by atoms with Crippen LogP contribution in [0.5, 0.6) is 0 Å². The highest BCUT2D eigenvalue weighted by atomic mass is 16.2. The van der Waals surface area contributed by atoms with E-state index in [1.165, 1.54) is 5.56 Å². The number of aryl methyl sites for hydroxylation is 2. The lowest BCUT2D eigenvalue weighted by Gasteiger charge is -2.30. The topological polar surface area (TPSA) is 79.3 Å². The molecule has 2 heterocycles. The summed E-state index contributed by atoms with van der Waals surface area (Å²) in [6, 6.07) is 9.46. The zero-order valence-corrected chi connectivity index (χ0v) is 15.9. The summed E-state index contributed by atoms with van der Waals surface area (Å²) in [5, 5.41) is 5.62. The van der Waals surface area contributed by atoms with Crippen molar-refractivity contribution in [3.63, 3.8) is 0 Å². The van der Waals surface area contributed by atoms with E-state index in [0.29, 0.717) is 24.2 Å². The molecule has 3 rings (SSSR count). The van der Waals surface area contributed by atoms with Crippen LogP contribution in [0.2, 0.25) is 0 Å². The Morgan fingerprint density at radius 2 is 2.04 bits per heavy atom. The van der Waals surface area contributed by atoms with Crippen LogP contribution >= 0.6 is 0 Å². The molecule has 0 saturated carbocycles. The van der Waals surface area contributed by atoms with Gasteiger partial charge in [-0.1, -0.05) is 30.3 Å². The minimum atomic E-state index is -0.324. The van der Waals surface area contributed by atoms with Gasteiger partial charge in [0.15, 0.2) is 0 Å². The van der Waals surface area contributed by atoms with E-state index in [1.807, 2.05) is 48.1 Å². The van der Waals surface area contributed by atoms with Crippen LogP contribution in [0.15, 0.2) is 54.0 Å². The SMILES string of the molecule is CC1=C(C(=O)N(C)Cc2nccn2C)[C@H](CCc2ccccc2)NC(=O)N1. The van der Waals surface area contributed by atoms with Crippen molar-refractivity contribution >= 4 is 11.9 Å². The number of likely N-dealkylation sites (N-methyl/N-ethyl adjacent to an activating group) is 1. The summed E-state index contributed by atoms with van der Waals surface area (Å²) in [7, 11) is 3.65. The van der Waals surface area contributed by atoms with E-state index >= 15 is 0 Å². The van der Waals surface area contributed by atoms with Gasteiger partial charge >= 0.3 is 6.03 Å². The highest BCUT2D eigenvalue weighted by Gasteiger charge is 2.31. The number of rotatable bonds is 6. The number of nitrogens with one attached hydrogen (secondary N) is 2. The Morgan fingerprint density at radius 3 is 2.70 bits per heavy atom. The Morgan fingerprint density at radius 1 is 1.30 bits per heavy atom. The van der Waals surface area contributed by atoms with E-state index in [0.717, 1.165) is 12.2 Å². The number of carbonyl (C=O) groups is 2. The van der Waals surface area contributed by atoms with Gasteiger partial charge < -0.3 is 20.1 Å². The smallest absolute Gasteiger partial charge is 0.319 e. The van der Waals surface area contributed by atoms with Crippen molar-refractivity contribution in [2.24, 2.45) is 7.05 Å². The lowest BCUT2D eigenvalue weighted by molar-refractivity contribution is -0.127. The second-order valence-corrected chi connectivity index (χ2v) is 6.83. The van der Waals surface area contributed by atoms with E-state index in [1.54, 1.807) is 25.1 Å². The van der Waals surface area contributed by atoms with E-state index in [-0.39, 0.29) is 18.0 Å². The summed E-state index contributed by atoms with van der Waals surface area (Å²) in [6.45, 7) is 2.18. The number of urea groups is 1. The third-order valence-corrected chi connectivity index (χ3v) is 4.80. The van der Waals surface area contributed by atoms with Crippen LogP contribution in [-0.2, 0) is 24.8 Å². The molecular formula is C20H25N5O2. The van der Waals surface area contributed by atoms with Crippen LogP contribution < -0.4 is 10.6 Å². The predicted octanol–water partition coefficient (Wildman–Crippen LogP) is 1.97. The van der Waals surface area contributed by atoms with Gasteiger partial charge in [-0.05, 0) is 25.3 Å². The van der Waals surface area contributed by atoms with E-state index in [9.17, 15) is 9.59 Å². The zero-order valence-electron chi connectivity index (χ0n) is 15.9. The minimum Gasteiger partial charge on any atom is -0.337 e. The molecule has 1 atom stereocenters. The van der Waals surface area contributed by atoms with Crippen molar-refractivity contribution < 1.29 is 9.59 Å². The minimum absolute atomic E-state index is 0.110. The average Bonchev–Trinajstić information content (AvgIpc) is 3.04. The summed E-state index contributed by atoms with van der Waals surface area (Å²) in [5.41, 5.74) is 2.38. The number of amides is 3. The largest absolute Gasteiger partial charge is 0.337 e. The quantitative estimate of drug-likeness (QED) is 0.819. The molecular weight excluding hydrogens is 342 g/mol. The number of aromatic nitrogens is 2. The Hall–Kier alpha value is -3.09. The number of allylic oxidation sites excluding steroid dienone is 1. The van der Waals surface area contributed by atoms with Gasteiger partial charge in [0.2, 0.25) is 0 Å². The molecule has 0 fully saturated rings. The molecule has 0 aliphatic carbocycles. The molecule has 142 valence electrons. The Labute approximate surface area is 159 Å². The maximum atomic E-state index is 13.1. The highest BCUT2D eigenvalue weighted by molar-refractivity contribution is 5.98. The molecule has 0 bridgehead atoms. The molecule has 1 aromatic carbocycles. The van der Waals surface area contributed by atoms with E-state index in [4.69, 9.17) is 0 Å². The molecule has 0 unspecified atom stereocenters. The molecule has 1 aliphatic heterocycles. The van der Waals surface area contributed by atoms with Gasteiger partial charge in [0.05, 0.1) is 18.2 Å². The van der Waals surface area contributed by atoms with Crippen molar-refractivity contribution in [2.75, 3.05) is 7.05 Å². The Bertz CT molecular complexity index is 856. The predicted molar refractivity (Wildman–Crippen MR) is 103 cm³/mol. The maximum absolute atomic E-state index is 13.1. The lowest BCUT2D eigenvalue weighted by atomic mass is 9.95. The van der Waals surface area contributed by atoms with Gasteiger partial charge in [-0.15, -0.1) is 0 Å². The number of imidazole rings is 1. The second-order valence-electron chi connectivity index (χ2n) is 6.83. The third-order valence-electron chi connectivity index (χ3n) is 4.80. The summed E-state index contributed by atoms with van der Waals surface area (Å²) in [4.78, 5) is 31.0.